The van der Waals surface area contributed by atoms with Crippen molar-refractivity contribution in [2.75, 3.05) is 11.1 Å². The molecule has 0 bridgehead atoms. The number of pyridine rings is 1. The zero-order chi connectivity index (χ0) is 14.8. The minimum Gasteiger partial charge on any atom is -0.465 e. The first-order valence-electron chi connectivity index (χ1n) is 6.40. The van der Waals surface area contributed by atoms with Crippen molar-refractivity contribution in [3.8, 4) is 0 Å². The Balaban J connectivity index is 2.02. The van der Waals surface area contributed by atoms with Gasteiger partial charge in [-0.1, -0.05) is 24.3 Å². The van der Waals surface area contributed by atoms with Gasteiger partial charge in [-0.15, -0.1) is 0 Å². The Bertz CT molecular complexity index is 769. The summed E-state index contributed by atoms with van der Waals surface area (Å²) in [6, 6.07) is 1.51. The lowest BCUT2D eigenvalue weighted by Crippen LogP contribution is -2.10. The molecule has 7 heteroatoms. The molecule has 0 spiro atoms. The monoisotopic (exact) mass is 283 g/mol. The number of allylic oxidation sites excluding steroid dienone is 4. The van der Waals surface area contributed by atoms with Gasteiger partial charge in [-0.3, -0.25) is 10.3 Å². The number of amides is 1. The molecule has 0 fully saturated rings. The molecule has 0 aliphatic heterocycles. The fraction of sp³-hybridized carbons (Fsp3) is 0.143. The van der Waals surface area contributed by atoms with Crippen LogP contribution in [0.2, 0.25) is 0 Å². The van der Waals surface area contributed by atoms with Gasteiger partial charge in [0.15, 0.2) is 5.82 Å². The Morgan fingerprint density at radius 1 is 1.38 bits per heavy atom. The Kier molecular flexibility index (Phi) is 3.23. The van der Waals surface area contributed by atoms with Gasteiger partial charge in [0, 0.05) is 18.2 Å². The van der Waals surface area contributed by atoms with Crippen LogP contribution < -0.4 is 11.1 Å². The largest absolute Gasteiger partial charge is 0.465 e. The number of nitrogen functional groups attached to an aromatic ring is 1. The summed E-state index contributed by atoms with van der Waals surface area (Å²) >= 11 is 0. The van der Waals surface area contributed by atoms with Crippen LogP contribution in [0.1, 0.15) is 18.0 Å². The number of nitrogens with one attached hydrogen (secondary N) is 1. The summed E-state index contributed by atoms with van der Waals surface area (Å²) in [4.78, 5) is 23.4. The highest BCUT2D eigenvalue weighted by Gasteiger charge is 2.14. The molecule has 1 amide bonds. The summed E-state index contributed by atoms with van der Waals surface area (Å²) in [6.07, 6.45) is 9.43. The number of hydrogen-bond donors (Lipinski definition) is 3. The van der Waals surface area contributed by atoms with E-state index in [1.807, 2.05) is 12.2 Å². The van der Waals surface area contributed by atoms with Crippen molar-refractivity contribution in [2.24, 2.45) is 0 Å². The van der Waals surface area contributed by atoms with Crippen LogP contribution in [-0.4, -0.2) is 26.2 Å². The minimum absolute atomic E-state index is 0.134. The molecule has 0 aromatic carbocycles. The number of aromatic nitrogens is 3. The summed E-state index contributed by atoms with van der Waals surface area (Å²) in [6.45, 7) is 0. The first kappa shape index (κ1) is 13.0. The SMILES string of the molecule is Nc1nc(NC(=O)O)cc2ncc(C3C=CC=CC3)nc12. The second-order valence-corrected chi connectivity index (χ2v) is 4.64. The molecule has 2 aromatic heterocycles. The van der Waals surface area contributed by atoms with Crippen molar-refractivity contribution in [2.45, 2.75) is 12.3 Å². The third kappa shape index (κ3) is 2.66. The third-order valence-electron chi connectivity index (χ3n) is 3.17. The van der Waals surface area contributed by atoms with Gasteiger partial charge in [-0.25, -0.2) is 14.8 Å². The molecule has 2 aromatic rings. The molecule has 2 heterocycles. The van der Waals surface area contributed by atoms with Crippen LogP contribution in [0.25, 0.3) is 11.0 Å². The summed E-state index contributed by atoms with van der Waals surface area (Å²) < 4.78 is 0. The summed E-state index contributed by atoms with van der Waals surface area (Å²) in [5.41, 5.74) is 7.65. The summed E-state index contributed by atoms with van der Waals surface area (Å²) in [7, 11) is 0. The number of carbonyl (C=O) groups is 1. The maximum Gasteiger partial charge on any atom is 0.410 e. The molecule has 3 rings (SSSR count). The first-order chi connectivity index (χ1) is 10.1. The molecule has 4 N–H and O–H groups in total. The van der Waals surface area contributed by atoms with E-state index < -0.39 is 6.09 Å². The summed E-state index contributed by atoms with van der Waals surface area (Å²) in [5, 5.41) is 10.9. The van der Waals surface area contributed by atoms with Crippen LogP contribution >= 0.6 is 0 Å². The number of carboxylic acid groups (broad SMARTS) is 1. The number of fused-ring (bicyclic) bond motifs is 1. The van der Waals surface area contributed by atoms with Crippen LogP contribution in [0.15, 0.2) is 36.6 Å². The van der Waals surface area contributed by atoms with E-state index in [4.69, 9.17) is 10.8 Å². The number of anilines is 2. The lowest BCUT2D eigenvalue weighted by molar-refractivity contribution is 0.209. The maximum atomic E-state index is 10.6. The van der Waals surface area contributed by atoms with E-state index in [-0.39, 0.29) is 17.6 Å². The van der Waals surface area contributed by atoms with Crippen molar-refractivity contribution in [1.82, 2.24) is 15.0 Å². The number of nitrogens with zero attached hydrogens (tertiary/aromatic N) is 3. The van der Waals surface area contributed by atoms with E-state index in [1.165, 1.54) is 6.07 Å². The zero-order valence-electron chi connectivity index (χ0n) is 11.0. The van der Waals surface area contributed by atoms with Crippen molar-refractivity contribution in [1.29, 1.82) is 0 Å². The topological polar surface area (TPSA) is 114 Å². The van der Waals surface area contributed by atoms with Crippen molar-refractivity contribution >= 4 is 28.8 Å². The highest BCUT2D eigenvalue weighted by Crippen LogP contribution is 2.26. The Hall–Kier alpha value is -2.96. The van der Waals surface area contributed by atoms with Gasteiger partial charge in [0.2, 0.25) is 0 Å². The van der Waals surface area contributed by atoms with E-state index in [9.17, 15) is 4.79 Å². The van der Waals surface area contributed by atoms with E-state index in [1.54, 1.807) is 6.20 Å². The van der Waals surface area contributed by atoms with Gasteiger partial charge >= 0.3 is 6.09 Å². The van der Waals surface area contributed by atoms with Crippen LogP contribution in [0, 0.1) is 0 Å². The fourth-order valence-corrected chi connectivity index (χ4v) is 2.20. The number of hydrogen-bond acceptors (Lipinski definition) is 5. The van der Waals surface area contributed by atoms with E-state index in [0.29, 0.717) is 11.0 Å². The van der Waals surface area contributed by atoms with Gasteiger partial charge in [-0.05, 0) is 6.42 Å². The van der Waals surface area contributed by atoms with Crippen LogP contribution in [0.3, 0.4) is 0 Å². The molecule has 0 saturated heterocycles. The molecule has 1 aliphatic carbocycles. The second kappa shape index (κ2) is 5.20. The second-order valence-electron chi connectivity index (χ2n) is 4.64. The minimum atomic E-state index is -1.20. The Morgan fingerprint density at radius 3 is 2.95 bits per heavy atom. The highest BCUT2D eigenvalue weighted by molar-refractivity contribution is 5.90. The molecule has 0 radical (unpaired) electrons. The van der Waals surface area contributed by atoms with Crippen LogP contribution in [0.4, 0.5) is 16.4 Å². The van der Waals surface area contributed by atoms with E-state index >= 15 is 0 Å². The number of rotatable bonds is 2. The highest BCUT2D eigenvalue weighted by atomic mass is 16.4. The van der Waals surface area contributed by atoms with Crippen LogP contribution in [-0.2, 0) is 0 Å². The first-order valence-corrected chi connectivity index (χ1v) is 6.40. The molecule has 106 valence electrons. The molecule has 21 heavy (non-hydrogen) atoms. The molecule has 0 saturated carbocycles. The molecular formula is C14H13N5O2. The predicted molar refractivity (Wildman–Crippen MR) is 79.0 cm³/mol. The van der Waals surface area contributed by atoms with Crippen molar-refractivity contribution in [3.63, 3.8) is 0 Å². The van der Waals surface area contributed by atoms with Gasteiger partial charge in [0.05, 0.1) is 11.2 Å². The Labute approximate surface area is 120 Å². The predicted octanol–water partition coefficient (Wildman–Crippen LogP) is 2.30. The van der Waals surface area contributed by atoms with Crippen molar-refractivity contribution in [3.05, 3.63) is 42.3 Å². The van der Waals surface area contributed by atoms with Crippen molar-refractivity contribution < 1.29 is 9.90 Å². The van der Waals surface area contributed by atoms with E-state index in [0.717, 1.165) is 12.1 Å². The quantitative estimate of drug-likeness (QED) is 0.779. The van der Waals surface area contributed by atoms with Gasteiger partial charge in [-0.2, -0.15) is 0 Å². The van der Waals surface area contributed by atoms with E-state index in [2.05, 4.69) is 32.4 Å². The molecule has 1 unspecified atom stereocenters. The van der Waals surface area contributed by atoms with Gasteiger partial charge in [0.1, 0.15) is 11.3 Å². The average Bonchev–Trinajstić information content (AvgIpc) is 2.47. The summed E-state index contributed by atoms with van der Waals surface area (Å²) in [5.74, 6) is 0.457. The molecule has 1 aliphatic rings. The zero-order valence-corrected chi connectivity index (χ0v) is 11.0. The molecule has 7 nitrogen and oxygen atoms in total. The smallest absolute Gasteiger partial charge is 0.410 e. The van der Waals surface area contributed by atoms with Gasteiger partial charge < -0.3 is 10.8 Å². The standard InChI is InChI=1S/C14H13N5O2/c15-13-12-9(6-11(18-13)19-14(20)21)16-7-10(17-12)8-4-2-1-3-5-8/h1-4,6-8H,5H2,(H,20,21)(H3,15,18,19). The third-order valence-corrected chi connectivity index (χ3v) is 3.17. The average molecular weight is 283 g/mol. The number of nitrogens with two attached hydrogens (primary N) is 1. The fourth-order valence-electron chi connectivity index (χ4n) is 2.20. The normalized spacial score (nSPS) is 17.0. The lowest BCUT2D eigenvalue weighted by Gasteiger charge is -2.13. The maximum absolute atomic E-state index is 10.6. The van der Waals surface area contributed by atoms with Gasteiger partial charge in [0.25, 0.3) is 0 Å². The van der Waals surface area contributed by atoms with Crippen LogP contribution in [0.5, 0.6) is 0 Å². The molecular weight excluding hydrogens is 270 g/mol. The Morgan fingerprint density at radius 2 is 2.24 bits per heavy atom. The lowest BCUT2D eigenvalue weighted by atomic mass is 9.97. The molecule has 1 atom stereocenters.